The molecule has 0 aliphatic carbocycles. The molecule has 4 nitrogen and oxygen atoms in total. The number of Topliss-reactive ketones (excluding diaryl/α,β-unsaturated/α-hetero) is 2. The lowest BCUT2D eigenvalue weighted by Crippen LogP contribution is -2.16. The van der Waals surface area contributed by atoms with Crippen molar-refractivity contribution in [1.29, 1.82) is 0 Å². The van der Waals surface area contributed by atoms with Crippen molar-refractivity contribution in [3.05, 3.63) is 70.8 Å². The topological polar surface area (TPSA) is 60.4 Å². The summed E-state index contributed by atoms with van der Waals surface area (Å²) in [6.45, 7) is 3.72. The van der Waals surface area contributed by atoms with Gasteiger partial charge >= 0.3 is 5.97 Å². The quantitative estimate of drug-likeness (QED) is 0.501. The summed E-state index contributed by atoms with van der Waals surface area (Å²) in [5.74, 6) is -0.856. The highest BCUT2D eigenvalue weighted by atomic mass is 16.5. The second kappa shape index (κ2) is 9.66. The molecule has 0 aliphatic rings. The first kappa shape index (κ1) is 19.6. The molecule has 2 aromatic rings. The fraction of sp³-hybridized carbons (Fsp3) is 0.318. The molecular weight excluding hydrogens is 328 g/mol. The number of ether oxygens (including phenoxy) is 1. The number of aryl methyl sites for hydroxylation is 2. The van der Waals surface area contributed by atoms with E-state index in [1.807, 2.05) is 38.1 Å². The molecule has 0 saturated heterocycles. The van der Waals surface area contributed by atoms with E-state index in [0.29, 0.717) is 11.1 Å². The minimum Gasteiger partial charge on any atom is -0.457 e. The van der Waals surface area contributed by atoms with Crippen LogP contribution in [0, 0.1) is 0 Å². The molecule has 0 unspecified atom stereocenters. The molecule has 0 heterocycles. The van der Waals surface area contributed by atoms with Gasteiger partial charge in [-0.25, -0.2) is 0 Å². The number of hydrogen-bond donors (Lipinski definition) is 0. The zero-order valence-electron chi connectivity index (χ0n) is 15.3. The number of carbonyl (C=O) groups is 3. The molecule has 0 bridgehead atoms. The Hall–Kier alpha value is -2.75. The van der Waals surface area contributed by atoms with Crippen LogP contribution < -0.4 is 0 Å². The Kier molecular flexibility index (Phi) is 7.27. The van der Waals surface area contributed by atoms with Gasteiger partial charge in [-0.3, -0.25) is 14.4 Å². The molecule has 0 amide bonds. The molecule has 26 heavy (non-hydrogen) atoms. The number of esters is 1. The normalized spacial score (nSPS) is 10.4. The van der Waals surface area contributed by atoms with Gasteiger partial charge in [0.05, 0.1) is 6.42 Å². The molecule has 0 radical (unpaired) electrons. The van der Waals surface area contributed by atoms with Crippen molar-refractivity contribution in [3.63, 3.8) is 0 Å². The van der Waals surface area contributed by atoms with Crippen molar-refractivity contribution in [2.45, 2.75) is 39.5 Å². The average Bonchev–Trinajstić information content (AvgIpc) is 2.70. The van der Waals surface area contributed by atoms with Gasteiger partial charge in [0.15, 0.2) is 12.4 Å². The first-order chi connectivity index (χ1) is 12.5. The predicted octanol–water partition coefficient (Wildman–Crippen LogP) is 4.20. The van der Waals surface area contributed by atoms with Crippen LogP contribution in [0.25, 0.3) is 0 Å². The van der Waals surface area contributed by atoms with Gasteiger partial charge in [-0.05, 0) is 30.0 Å². The molecule has 136 valence electrons. The van der Waals surface area contributed by atoms with Crippen LogP contribution in [0.3, 0.4) is 0 Å². The maximum Gasteiger partial charge on any atom is 0.306 e. The summed E-state index contributed by atoms with van der Waals surface area (Å²) in [5, 5.41) is 0. The maximum atomic E-state index is 12.4. The highest BCUT2D eigenvalue weighted by Crippen LogP contribution is 2.15. The third-order valence-corrected chi connectivity index (χ3v) is 4.28. The number of rotatable bonds is 9. The molecule has 0 aromatic heterocycles. The van der Waals surface area contributed by atoms with Crippen LogP contribution in [0.4, 0.5) is 0 Å². The number of benzene rings is 2. The average molecular weight is 352 g/mol. The molecule has 0 fully saturated rings. The van der Waals surface area contributed by atoms with E-state index in [-0.39, 0.29) is 31.0 Å². The fourth-order valence-corrected chi connectivity index (χ4v) is 2.69. The molecule has 0 N–H and O–H groups in total. The van der Waals surface area contributed by atoms with Crippen LogP contribution >= 0.6 is 0 Å². The lowest BCUT2D eigenvalue weighted by molar-refractivity contribution is -0.142. The van der Waals surface area contributed by atoms with Gasteiger partial charge in [0.2, 0.25) is 5.78 Å². The van der Waals surface area contributed by atoms with E-state index in [1.165, 1.54) is 0 Å². The third-order valence-electron chi connectivity index (χ3n) is 4.28. The van der Waals surface area contributed by atoms with Crippen molar-refractivity contribution in [1.82, 2.24) is 0 Å². The zero-order chi connectivity index (χ0) is 18.9. The van der Waals surface area contributed by atoms with Crippen molar-refractivity contribution in [2.75, 3.05) is 6.61 Å². The largest absolute Gasteiger partial charge is 0.457 e. The second-order valence-corrected chi connectivity index (χ2v) is 6.07. The summed E-state index contributed by atoms with van der Waals surface area (Å²) in [4.78, 5) is 36.3. The van der Waals surface area contributed by atoms with Crippen LogP contribution in [-0.4, -0.2) is 24.1 Å². The van der Waals surface area contributed by atoms with Crippen LogP contribution in [0.1, 0.15) is 58.5 Å². The van der Waals surface area contributed by atoms with Crippen molar-refractivity contribution >= 4 is 17.5 Å². The maximum absolute atomic E-state index is 12.4. The number of hydrogen-bond acceptors (Lipinski definition) is 4. The molecular formula is C22H24O4. The Morgan fingerprint density at radius 2 is 1.58 bits per heavy atom. The van der Waals surface area contributed by atoms with Crippen molar-refractivity contribution in [3.8, 4) is 0 Å². The predicted molar refractivity (Wildman–Crippen MR) is 100 cm³/mol. The van der Waals surface area contributed by atoms with Gasteiger partial charge in [-0.15, -0.1) is 0 Å². The highest BCUT2D eigenvalue weighted by Gasteiger charge is 2.15. The SMILES string of the molecule is CCc1ccc(CC)c(C(=O)COC(=O)CCC(=O)c2ccccc2)c1. The van der Waals surface area contributed by atoms with E-state index >= 15 is 0 Å². The van der Waals surface area contributed by atoms with E-state index < -0.39 is 5.97 Å². The molecule has 0 saturated carbocycles. The first-order valence-corrected chi connectivity index (χ1v) is 8.94. The molecule has 2 aromatic carbocycles. The van der Waals surface area contributed by atoms with Gasteiger partial charge in [0.25, 0.3) is 0 Å². The minimum atomic E-state index is -0.535. The lowest BCUT2D eigenvalue weighted by Gasteiger charge is -2.10. The summed E-state index contributed by atoms with van der Waals surface area (Å²) >= 11 is 0. The number of ketones is 2. The summed E-state index contributed by atoms with van der Waals surface area (Å²) < 4.78 is 5.08. The Labute approximate surface area is 154 Å². The second-order valence-electron chi connectivity index (χ2n) is 6.07. The van der Waals surface area contributed by atoms with Gasteiger partial charge in [0.1, 0.15) is 0 Å². The van der Waals surface area contributed by atoms with Gasteiger partial charge in [0, 0.05) is 17.5 Å². The smallest absolute Gasteiger partial charge is 0.306 e. The number of carbonyl (C=O) groups excluding carboxylic acids is 3. The molecule has 0 atom stereocenters. The monoisotopic (exact) mass is 352 g/mol. The molecule has 0 spiro atoms. The van der Waals surface area contributed by atoms with E-state index in [0.717, 1.165) is 24.0 Å². The Morgan fingerprint density at radius 3 is 2.23 bits per heavy atom. The molecule has 4 heteroatoms. The summed E-state index contributed by atoms with van der Waals surface area (Å²) in [5.41, 5.74) is 3.20. The van der Waals surface area contributed by atoms with Crippen LogP contribution in [-0.2, 0) is 22.4 Å². The summed E-state index contributed by atoms with van der Waals surface area (Å²) in [6.07, 6.45) is 1.62. The van der Waals surface area contributed by atoms with Crippen LogP contribution in [0.5, 0.6) is 0 Å². The lowest BCUT2D eigenvalue weighted by atomic mass is 9.98. The van der Waals surface area contributed by atoms with Gasteiger partial charge in [-0.2, -0.15) is 0 Å². The minimum absolute atomic E-state index is 0.0311. The van der Waals surface area contributed by atoms with E-state index in [9.17, 15) is 14.4 Å². The first-order valence-electron chi connectivity index (χ1n) is 8.94. The van der Waals surface area contributed by atoms with Crippen LogP contribution in [0.2, 0.25) is 0 Å². The van der Waals surface area contributed by atoms with Crippen molar-refractivity contribution in [2.24, 2.45) is 0 Å². The van der Waals surface area contributed by atoms with E-state index in [2.05, 4.69) is 0 Å². The standard InChI is InChI=1S/C22H24O4/c1-3-16-10-11-17(4-2)19(14-16)21(24)15-26-22(25)13-12-20(23)18-8-6-5-7-9-18/h5-11,14H,3-4,12-13,15H2,1-2H3. The molecule has 0 aliphatic heterocycles. The molecule has 2 rings (SSSR count). The van der Waals surface area contributed by atoms with Crippen molar-refractivity contribution < 1.29 is 19.1 Å². The Bertz CT molecular complexity index is 778. The third kappa shape index (κ3) is 5.38. The van der Waals surface area contributed by atoms with Gasteiger partial charge in [-0.1, -0.05) is 56.3 Å². The van der Waals surface area contributed by atoms with Gasteiger partial charge < -0.3 is 4.74 Å². The van der Waals surface area contributed by atoms with E-state index in [4.69, 9.17) is 4.74 Å². The zero-order valence-corrected chi connectivity index (χ0v) is 15.3. The van der Waals surface area contributed by atoms with E-state index in [1.54, 1.807) is 24.3 Å². The summed E-state index contributed by atoms with van der Waals surface area (Å²) in [7, 11) is 0. The van der Waals surface area contributed by atoms with Crippen LogP contribution in [0.15, 0.2) is 48.5 Å². The fourth-order valence-electron chi connectivity index (χ4n) is 2.69. The Balaban J connectivity index is 1.87. The summed E-state index contributed by atoms with van der Waals surface area (Å²) in [6, 6.07) is 14.6. The highest BCUT2D eigenvalue weighted by molar-refractivity contribution is 6.00. The Morgan fingerprint density at radius 1 is 0.846 bits per heavy atom.